The molecule has 0 aliphatic heterocycles. The maximum Gasteiger partial charge on any atom is 0.220 e. The summed E-state index contributed by atoms with van der Waals surface area (Å²) in [6.45, 7) is 2.94. The largest absolute Gasteiger partial charge is 0.355 e. The third-order valence-electron chi connectivity index (χ3n) is 1.45. The number of alkyl halides is 1. The molecule has 0 spiro atoms. The van der Waals surface area contributed by atoms with Crippen LogP contribution in [0, 0.1) is 0 Å². The lowest BCUT2D eigenvalue weighted by molar-refractivity contribution is -0.120. The second-order valence-corrected chi connectivity index (χ2v) is 4.36. The van der Waals surface area contributed by atoms with Crippen LogP contribution in [-0.2, 0) is 4.79 Å². The van der Waals surface area contributed by atoms with Gasteiger partial charge in [-0.1, -0.05) is 6.92 Å². The van der Waals surface area contributed by atoms with Crippen molar-refractivity contribution in [2.75, 3.05) is 23.9 Å². The molecular formula is C9H18ClNOS. The van der Waals surface area contributed by atoms with Crippen LogP contribution in [-0.4, -0.2) is 29.8 Å². The first-order chi connectivity index (χ1) is 6.31. The summed E-state index contributed by atoms with van der Waals surface area (Å²) in [5, 5.41) is 2.86. The van der Waals surface area contributed by atoms with Crippen molar-refractivity contribution < 1.29 is 4.79 Å². The number of thioether (sulfide) groups is 1. The highest BCUT2D eigenvalue weighted by Gasteiger charge is 1.98. The Balaban J connectivity index is 3.08. The molecule has 1 amide bonds. The van der Waals surface area contributed by atoms with Crippen molar-refractivity contribution in [3.8, 4) is 0 Å². The number of hydrogen-bond acceptors (Lipinski definition) is 2. The van der Waals surface area contributed by atoms with Crippen LogP contribution < -0.4 is 5.32 Å². The number of halogens is 1. The highest BCUT2D eigenvalue weighted by atomic mass is 35.5. The average molecular weight is 224 g/mol. The summed E-state index contributed by atoms with van der Waals surface area (Å²) >= 11 is 7.34. The van der Waals surface area contributed by atoms with Gasteiger partial charge >= 0.3 is 0 Å². The lowest BCUT2D eigenvalue weighted by Crippen LogP contribution is -2.25. The minimum atomic E-state index is 0.123. The molecular weight excluding hydrogens is 206 g/mol. The first kappa shape index (κ1) is 13.1. The van der Waals surface area contributed by atoms with Crippen molar-refractivity contribution >= 4 is 29.3 Å². The highest BCUT2D eigenvalue weighted by molar-refractivity contribution is 7.99. The van der Waals surface area contributed by atoms with Gasteiger partial charge in [-0.15, -0.1) is 11.6 Å². The van der Waals surface area contributed by atoms with Gasteiger partial charge < -0.3 is 5.32 Å². The molecule has 0 saturated heterocycles. The number of hydrogen-bond donors (Lipinski definition) is 1. The maximum absolute atomic E-state index is 11.1. The molecule has 0 rings (SSSR count). The van der Waals surface area contributed by atoms with Gasteiger partial charge in [0.05, 0.1) is 0 Å². The van der Waals surface area contributed by atoms with E-state index in [0.717, 1.165) is 18.7 Å². The van der Waals surface area contributed by atoms with Crippen molar-refractivity contribution in [2.45, 2.75) is 26.2 Å². The molecule has 0 aliphatic rings. The van der Waals surface area contributed by atoms with E-state index >= 15 is 0 Å². The molecule has 2 nitrogen and oxygen atoms in total. The number of amides is 1. The summed E-state index contributed by atoms with van der Waals surface area (Å²) in [7, 11) is 0. The van der Waals surface area contributed by atoms with Gasteiger partial charge in [0.25, 0.3) is 0 Å². The molecule has 0 saturated carbocycles. The van der Waals surface area contributed by atoms with Gasteiger partial charge in [-0.25, -0.2) is 0 Å². The van der Waals surface area contributed by atoms with Crippen molar-refractivity contribution in [3.05, 3.63) is 0 Å². The van der Waals surface area contributed by atoms with Gasteiger partial charge in [0, 0.05) is 24.6 Å². The molecule has 1 N–H and O–H groups in total. The number of carbonyl (C=O) groups is 1. The Labute approximate surface area is 89.8 Å². The molecule has 0 aromatic heterocycles. The fraction of sp³-hybridized carbons (Fsp3) is 0.889. The Morgan fingerprint density at radius 2 is 2.23 bits per heavy atom. The van der Waals surface area contributed by atoms with E-state index in [4.69, 9.17) is 11.6 Å². The summed E-state index contributed by atoms with van der Waals surface area (Å²) in [4.78, 5) is 11.1. The van der Waals surface area contributed by atoms with Crippen LogP contribution in [0.2, 0.25) is 0 Å². The predicted octanol–water partition coefficient (Wildman–Crippen LogP) is 2.26. The second-order valence-electron chi connectivity index (χ2n) is 2.75. The van der Waals surface area contributed by atoms with Crippen LogP contribution in [0.15, 0.2) is 0 Å². The minimum Gasteiger partial charge on any atom is -0.355 e. The minimum absolute atomic E-state index is 0.123. The summed E-state index contributed by atoms with van der Waals surface area (Å²) in [6.07, 6.45) is 2.53. The van der Waals surface area contributed by atoms with Gasteiger partial charge in [0.2, 0.25) is 5.91 Å². The van der Waals surface area contributed by atoms with E-state index in [0.29, 0.717) is 12.3 Å². The first-order valence-corrected chi connectivity index (χ1v) is 6.40. The van der Waals surface area contributed by atoms with Crippen LogP contribution in [0.25, 0.3) is 0 Å². The Morgan fingerprint density at radius 1 is 1.46 bits per heavy atom. The van der Waals surface area contributed by atoms with Gasteiger partial charge in [-0.2, -0.15) is 11.8 Å². The third-order valence-corrected chi connectivity index (χ3v) is 2.91. The van der Waals surface area contributed by atoms with Gasteiger partial charge in [0.15, 0.2) is 0 Å². The van der Waals surface area contributed by atoms with E-state index in [1.54, 1.807) is 0 Å². The van der Waals surface area contributed by atoms with Gasteiger partial charge in [-0.3, -0.25) is 4.79 Å². The van der Waals surface area contributed by atoms with Crippen molar-refractivity contribution in [3.63, 3.8) is 0 Å². The van der Waals surface area contributed by atoms with E-state index < -0.39 is 0 Å². The molecule has 0 atom stereocenters. The first-order valence-electron chi connectivity index (χ1n) is 4.71. The molecule has 0 radical (unpaired) electrons. The Morgan fingerprint density at radius 3 is 2.85 bits per heavy atom. The summed E-state index contributed by atoms with van der Waals surface area (Å²) in [5.74, 6) is 2.88. The molecule has 0 aliphatic carbocycles. The van der Waals surface area contributed by atoms with E-state index in [1.165, 1.54) is 12.2 Å². The van der Waals surface area contributed by atoms with Crippen molar-refractivity contribution in [1.29, 1.82) is 0 Å². The second kappa shape index (κ2) is 10.2. The fourth-order valence-electron chi connectivity index (χ4n) is 0.825. The van der Waals surface area contributed by atoms with E-state index in [2.05, 4.69) is 12.2 Å². The molecule has 0 aromatic carbocycles. The molecule has 0 fully saturated rings. The molecule has 0 aromatic rings. The zero-order valence-electron chi connectivity index (χ0n) is 8.14. The quantitative estimate of drug-likeness (QED) is 0.505. The third kappa shape index (κ3) is 10.0. The summed E-state index contributed by atoms with van der Waals surface area (Å²) in [5.41, 5.74) is 0. The number of carbonyl (C=O) groups excluding carboxylic acids is 1. The number of nitrogens with one attached hydrogen (secondary N) is 1. The predicted molar refractivity (Wildman–Crippen MR) is 60.6 cm³/mol. The fourth-order valence-corrected chi connectivity index (χ4v) is 1.70. The van der Waals surface area contributed by atoms with E-state index in [9.17, 15) is 4.79 Å². The monoisotopic (exact) mass is 223 g/mol. The van der Waals surface area contributed by atoms with Crippen LogP contribution >= 0.6 is 23.4 Å². The molecule has 13 heavy (non-hydrogen) atoms. The smallest absolute Gasteiger partial charge is 0.220 e. The van der Waals surface area contributed by atoms with Gasteiger partial charge in [0.1, 0.15) is 0 Å². The van der Waals surface area contributed by atoms with E-state index in [-0.39, 0.29) is 5.91 Å². The Kier molecular flexibility index (Phi) is 10.3. The molecule has 78 valence electrons. The van der Waals surface area contributed by atoms with Gasteiger partial charge in [-0.05, 0) is 18.6 Å². The topological polar surface area (TPSA) is 29.1 Å². The normalized spacial score (nSPS) is 10.0. The van der Waals surface area contributed by atoms with Crippen LogP contribution in [0.3, 0.4) is 0 Å². The van der Waals surface area contributed by atoms with Crippen molar-refractivity contribution in [1.82, 2.24) is 5.32 Å². The molecule has 4 heteroatoms. The SMILES string of the molecule is CCCSCCNC(=O)CCCCl. The van der Waals surface area contributed by atoms with Crippen LogP contribution in [0.1, 0.15) is 26.2 Å². The lowest BCUT2D eigenvalue weighted by Gasteiger charge is -2.03. The summed E-state index contributed by atoms with van der Waals surface area (Å²) in [6, 6.07) is 0. The number of rotatable bonds is 8. The highest BCUT2D eigenvalue weighted by Crippen LogP contribution is 1.99. The molecule has 0 bridgehead atoms. The molecule has 0 heterocycles. The van der Waals surface area contributed by atoms with E-state index in [1.807, 2.05) is 11.8 Å². The average Bonchev–Trinajstić information content (AvgIpc) is 2.14. The molecule has 0 unspecified atom stereocenters. The Bertz CT molecular complexity index is 133. The van der Waals surface area contributed by atoms with Crippen LogP contribution in [0.5, 0.6) is 0 Å². The Hall–Kier alpha value is 0.110. The maximum atomic E-state index is 11.1. The zero-order chi connectivity index (χ0) is 9.94. The zero-order valence-corrected chi connectivity index (χ0v) is 9.72. The van der Waals surface area contributed by atoms with Crippen LogP contribution in [0.4, 0.5) is 0 Å². The summed E-state index contributed by atoms with van der Waals surface area (Å²) < 4.78 is 0. The lowest BCUT2D eigenvalue weighted by atomic mass is 10.3. The van der Waals surface area contributed by atoms with Crippen molar-refractivity contribution in [2.24, 2.45) is 0 Å². The standard InChI is InChI=1S/C9H18ClNOS/c1-2-7-13-8-6-11-9(12)4-3-5-10/h2-8H2,1H3,(H,11,12).